The molecule has 1 aromatic heterocycles. The van der Waals surface area contributed by atoms with E-state index < -0.39 is 0 Å². The van der Waals surface area contributed by atoms with E-state index in [0.717, 1.165) is 36.8 Å². The fourth-order valence-electron chi connectivity index (χ4n) is 2.32. The van der Waals surface area contributed by atoms with Crippen molar-refractivity contribution in [2.24, 2.45) is 5.92 Å². The minimum atomic E-state index is 0.680. The van der Waals surface area contributed by atoms with Crippen LogP contribution in [0, 0.1) is 12.8 Å². The lowest BCUT2D eigenvalue weighted by Gasteiger charge is -2.31. The van der Waals surface area contributed by atoms with Crippen LogP contribution in [0.5, 0.6) is 0 Å². The van der Waals surface area contributed by atoms with Gasteiger partial charge in [0, 0.05) is 24.8 Å². The molecule has 0 radical (unpaired) electrons. The zero-order chi connectivity index (χ0) is 12.3. The first-order chi connectivity index (χ1) is 8.22. The van der Waals surface area contributed by atoms with Crippen molar-refractivity contribution >= 4 is 5.82 Å². The van der Waals surface area contributed by atoms with Gasteiger partial charge in [0.15, 0.2) is 0 Å². The molecule has 17 heavy (non-hydrogen) atoms. The second kappa shape index (κ2) is 5.30. The highest BCUT2D eigenvalue weighted by molar-refractivity contribution is 5.40. The highest BCUT2D eigenvalue weighted by atomic mass is 15.2. The number of aryl methyl sites for hydroxylation is 2. The van der Waals surface area contributed by atoms with Crippen molar-refractivity contribution in [1.29, 1.82) is 0 Å². The maximum absolute atomic E-state index is 4.55. The summed E-state index contributed by atoms with van der Waals surface area (Å²) in [5, 5.41) is 0. The molecule has 0 aliphatic carbocycles. The monoisotopic (exact) mass is 231 g/mol. The Balaban J connectivity index is 2.12. The van der Waals surface area contributed by atoms with E-state index in [9.17, 15) is 0 Å². The molecule has 0 unspecified atom stereocenters. The van der Waals surface area contributed by atoms with Crippen molar-refractivity contribution in [2.45, 2.75) is 33.1 Å². The van der Waals surface area contributed by atoms with E-state index in [1.807, 2.05) is 6.92 Å². The van der Waals surface area contributed by atoms with E-state index in [2.05, 4.69) is 40.5 Å². The van der Waals surface area contributed by atoms with Gasteiger partial charge >= 0.3 is 0 Å². The van der Waals surface area contributed by atoms with Gasteiger partial charge in [0.1, 0.15) is 11.6 Å². The van der Waals surface area contributed by atoms with E-state index in [1.165, 1.54) is 12.8 Å². The minimum Gasteiger partial charge on any atom is -0.356 e. The molecule has 1 aliphatic heterocycles. The summed E-state index contributed by atoms with van der Waals surface area (Å²) in [6.07, 6.45) is 5.43. The highest BCUT2D eigenvalue weighted by Crippen LogP contribution is 2.22. The first kappa shape index (κ1) is 12.1. The van der Waals surface area contributed by atoms with E-state index in [4.69, 9.17) is 0 Å². The number of rotatable bonds is 3. The zero-order valence-electron chi connectivity index (χ0n) is 10.8. The molecule has 3 nitrogen and oxygen atoms in total. The molecule has 2 rings (SSSR count). The van der Waals surface area contributed by atoms with E-state index in [0.29, 0.717) is 5.92 Å². The molecule has 92 valence electrons. The summed E-state index contributed by atoms with van der Waals surface area (Å²) in [5.74, 6) is 2.65. The van der Waals surface area contributed by atoms with Gasteiger partial charge in [-0.15, -0.1) is 6.58 Å². The van der Waals surface area contributed by atoms with Gasteiger partial charge in [-0.2, -0.15) is 0 Å². The van der Waals surface area contributed by atoms with Crippen LogP contribution in [0.3, 0.4) is 0 Å². The summed E-state index contributed by atoms with van der Waals surface area (Å²) >= 11 is 0. The van der Waals surface area contributed by atoms with Gasteiger partial charge in [-0.3, -0.25) is 0 Å². The zero-order valence-corrected chi connectivity index (χ0v) is 10.8. The summed E-state index contributed by atoms with van der Waals surface area (Å²) in [6, 6.07) is 2.13. The number of allylic oxidation sites excluding steroid dienone is 1. The molecule has 0 bridgehead atoms. The smallest absolute Gasteiger partial charge is 0.132 e. The maximum Gasteiger partial charge on any atom is 0.132 e. The van der Waals surface area contributed by atoms with Crippen molar-refractivity contribution in [1.82, 2.24) is 9.97 Å². The molecule has 3 heteroatoms. The standard InChI is InChI=1S/C14H21N3/c1-4-12-6-8-17(9-7-12)14-10-13(5-2)15-11(3)16-14/h4,10,12H,1,5-9H2,2-3H3. The second-order valence-electron chi connectivity index (χ2n) is 4.68. The molecule has 0 spiro atoms. The number of hydrogen-bond donors (Lipinski definition) is 0. The van der Waals surface area contributed by atoms with Crippen LogP contribution in [0.25, 0.3) is 0 Å². The molecule has 0 amide bonds. The van der Waals surface area contributed by atoms with Gasteiger partial charge in [-0.05, 0) is 32.1 Å². The van der Waals surface area contributed by atoms with Gasteiger partial charge < -0.3 is 4.90 Å². The Morgan fingerprint density at radius 2 is 2.12 bits per heavy atom. The quantitative estimate of drug-likeness (QED) is 0.749. The number of nitrogens with zero attached hydrogens (tertiary/aromatic N) is 3. The van der Waals surface area contributed by atoms with Crippen LogP contribution in [0.15, 0.2) is 18.7 Å². The molecule has 2 heterocycles. The Morgan fingerprint density at radius 1 is 1.41 bits per heavy atom. The fourth-order valence-corrected chi connectivity index (χ4v) is 2.32. The average molecular weight is 231 g/mol. The average Bonchev–Trinajstić information content (AvgIpc) is 2.38. The molecule has 0 saturated carbocycles. The van der Waals surface area contributed by atoms with Crippen LogP contribution in [0.1, 0.15) is 31.3 Å². The predicted molar refractivity (Wildman–Crippen MR) is 71.3 cm³/mol. The second-order valence-corrected chi connectivity index (χ2v) is 4.68. The van der Waals surface area contributed by atoms with E-state index in [-0.39, 0.29) is 0 Å². The molecule has 0 N–H and O–H groups in total. The summed E-state index contributed by atoms with van der Waals surface area (Å²) < 4.78 is 0. The van der Waals surface area contributed by atoms with Gasteiger partial charge in [-0.25, -0.2) is 9.97 Å². The van der Waals surface area contributed by atoms with Crippen LogP contribution in [-0.2, 0) is 6.42 Å². The number of piperidine rings is 1. The lowest BCUT2D eigenvalue weighted by molar-refractivity contribution is 0.476. The molecular formula is C14H21N3. The first-order valence-corrected chi connectivity index (χ1v) is 6.45. The summed E-state index contributed by atoms with van der Waals surface area (Å²) in [6.45, 7) is 10.1. The van der Waals surface area contributed by atoms with Crippen molar-refractivity contribution in [3.8, 4) is 0 Å². The topological polar surface area (TPSA) is 29.0 Å². The molecule has 0 aromatic carbocycles. The number of aromatic nitrogens is 2. The Labute approximate surface area is 104 Å². The molecule has 1 aromatic rings. The lowest BCUT2D eigenvalue weighted by atomic mass is 9.97. The van der Waals surface area contributed by atoms with Gasteiger partial charge in [0.25, 0.3) is 0 Å². The van der Waals surface area contributed by atoms with Crippen LogP contribution in [0.2, 0.25) is 0 Å². The maximum atomic E-state index is 4.55. The third kappa shape index (κ3) is 2.84. The summed E-state index contributed by atoms with van der Waals surface area (Å²) in [4.78, 5) is 11.3. The Kier molecular flexibility index (Phi) is 3.77. The summed E-state index contributed by atoms with van der Waals surface area (Å²) in [7, 11) is 0. The fraction of sp³-hybridized carbons (Fsp3) is 0.571. The van der Waals surface area contributed by atoms with Crippen molar-refractivity contribution in [3.63, 3.8) is 0 Å². The van der Waals surface area contributed by atoms with Crippen molar-refractivity contribution < 1.29 is 0 Å². The Morgan fingerprint density at radius 3 is 2.71 bits per heavy atom. The largest absolute Gasteiger partial charge is 0.356 e. The molecule has 1 saturated heterocycles. The number of anilines is 1. The van der Waals surface area contributed by atoms with Gasteiger partial charge in [0.2, 0.25) is 0 Å². The molecule has 1 fully saturated rings. The van der Waals surface area contributed by atoms with Crippen LogP contribution in [0.4, 0.5) is 5.82 Å². The van der Waals surface area contributed by atoms with E-state index >= 15 is 0 Å². The lowest BCUT2D eigenvalue weighted by Crippen LogP contribution is -2.33. The van der Waals surface area contributed by atoms with E-state index in [1.54, 1.807) is 0 Å². The third-order valence-electron chi connectivity index (χ3n) is 3.44. The molecule has 0 atom stereocenters. The molecular weight excluding hydrogens is 210 g/mol. The number of hydrogen-bond acceptors (Lipinski definition) is 3. The predicted octanol–water partition coefficient (Wildman–Crippen LogP) is 2.75. The minimum absolute atomic E-state index is 0.680. The Bertz CT molecular complexity index is 392. The SMILES string of the molecule is C=CC1CCN(c2cc(CC)nc(C)n2)CC1. The van der Waals surface area contributed by atoms with Crippen molar-refractivity contribution in [2.75, 3.05) is 18.0 Å². The molecule has 1 aliphatic rings. The van der Waals surface area contributed by atoms with Crippen LogP contribution in [-0.4, -0.2) is 23.1 Å². The van der Waals surface area contributed by atoms with Crippen molar-refractivity contribution in [3.05, 3.63) is 30.2 Å². The highest BCUT2D eigenvalue weighted by Gasteiger charge is 2.18. The van der Waals surface area contributed by atoms with Gasteiger partial charge in [-0.1, -0.05) is 13.0 Å². The third-order valence-corrected chi connectivity index (χ3v) is 3.44. The Hall–Kier alpha value is -1.38. The van der Waals surface area contributed by atoms with Crippen LogP contribution >= 0.6 is 0 Å². The normalized spacial score (nSPS) is 17.2. The van der Waals surface area contributed by atoms with Crippen LogP contribution < -0.4 is 4.90 Å². The summed E-state index contributed by atoms with van der Waals surface area (Å²) in [5.41, 5.74) is 1.14. The first-order valence-electron chi connectivity index (χ1n) is 6.45. The van der Waals surface area contributed by atoms with Gasteiger partial charge in [0.05, 0.1) is 0 Å².